The number of hydrogen-bond donors (Lipinski definition) is 2. The molecule has 0 fully saturated rings. The molecule has 0 radical (unpaired) electrons. The van der Waals surface area contributed by atoms with E-state index in [4.69, 9.17) is 5.73 Å². The molecule has 78 valence electrons. The van der Waals surface area contributed by atoms with E-state index < -0.39 is 5.41 Å². The van der Waals surface area contributed by atoms with Crippen LogP contribution in [0.5, 0.6) is 0 Å². The fourth-order valence-corrected chi connectivity index (χ4v) is 0.743. The molecular weight excluding hydrogens is 164 g/mol. The Morgan fingerprint density at radius 2 is 2.08 bits per heavy atom. The maximum absolute atomic E-state index is 11.5. The summed E-state index contributed by atoms with van der Waals surface area (Å²) in [6.45, 7) is 9.09. The van der Waals surface area contributed by atoms with Crippen LogP contribution >= 0.6 is 0 Å². The molecule has 0 aliphatic carbocycles. The normalized spacial score (nSPS) is 13.9. The van der Waals surface area contributed by atoms with E-state index >= 15 is 0 Å². The van der Waals surface area contributed by atoms with Gasteiger partial charge in [-0.1, -0.05) is 20.3 Å². The molecule has 1 amide bonds. The Morgan fingerprint density at radius 3 is 2.46 bits per heavy atom. The lowest BCUT2D eigenvalue weighted by Gasteiger charge is -2.22. The molecule has 13 heavy (non-hydrogen) atoms. The molecule has 0 saturated heterocycles. The van der Waals surface area contributed by atoms with Crippen LogP contribution in [0.2, 0.25) is 0 Å². The van der Waals surface area contributed by atoms with Gasteiger partial charge in [0.15, 0.2) is 0 Å². The molecule has 0 spiro atoms. The van der Waals surface area contributed by atoms with Crippen LogP contribution < -0.4 is 11.1 Å². The first-order chi connectivity index (χ1) is 5.94. The molecule has 0 aromatic carbocycles. The third-order valence-electron chi connectivity index (χ3n) is 2.43. The van der Waals surface area contributed by atoms with Crippen molar-refractivity contribution >= 4 is 5.91 Å². The molecule has 1 atom stereocenters. The lowest BCUT2D eigenvalue weighted by molar-refractivity contribution is -0.129. The minimum absolute atomic E-state index is 0.0512. The third kappa shape index (κ3) is 4.27. The average Bonchev–Trinajstić information content (AvgIpc) is 2.13. The van der Waals surface area contributed by atoms with E-state index in [1.54, 1.807) is 0 Å². The van der Waals surface area contributed by atoms with E-state index in [0.717, 1.165) is 13.0 Å². The van der Waals surface area contributed by atoms with Crippen LogP contribution in [-0.2, 0) is 4.79 Å². The topological polar surface area (TPSA) is 55.1 Å². The minimum Gasteiger partial charge on any atom is -0.355 e. The van der Waals surface area contributed by atoms with Gasteiger partial charge in [-0.15, -0.1) is 0 Å². The van der Waals surface area contributed by atoms with Gasteiger partial charge in [-0.3, -0.25) is 4.79 Å². The summed E-state index contributed by atoms with van der Waals surface area (Å²) < 4.78 is 0. The lowest BCUT2D eigenvalue weighted by atomic mass is 9.92. The van der Waals surface area contributed by atoms with Crippen LogP contribution in [0, 0.1) is 11.3 Å². The summed E-state index contributed by atoms with van der Waals surface area (Å²) in [5, 5.41) is 2.91. The first kappa shape index (κ1) is 12.4. The Balaban J connectivity index is 3.88. The van der Waals surface area contributed by atoms with Gasteiger partial charge >= 0.3 is 0 Å². The maximum atomic E-state index is 11.5. The summed E-state index contributed by atoms with van der Waals surface area (Å²) in [5.41, 5.74) is 5.05. The Kier molecular flexibility index (Phi) is 4.99. The molecule has 0 aromatic heterocycles. The fourth-order valence-electron chi connectivity index (χ4n) is 0.743. The second kappa shape index (κ2) is 5.22. The molecule has 1 unspecified atom stereocenters. The van der Waals surface area contributed by atoms with Gasteiger partial charge in [0.25, 0.3) is 0 Å². The molecule has 0 bridgehead atoms. The van der Waals surface area contributed by atoms with Gasteiger partial charge in [0.2, 0.25) is 5.91 Å². The lowest BCUT2D eigenvalue weighted by Crippen LogP contribution is -2.43. The highest BCUT2D eigenvalue weighted by molar-refractivity contribution is 5.81. The van der Waals surface area contributed by atoms with Crippen molar-refractivity contribution in [2.75, 3.05) is 13.1 Å². The molecule has 3 heteroatoms. The van der Waals surface area contributed by atoms with Gasteiger partial charge in [-0.05, 0) is 19.8 Å². The Bertz CT molecular complexity index is 166. The van der Waals surface area contributed by atoms with Crippen molar-refractivity contribution in [3.8, 4) is 0 Å². The van der Waals surface area contributed by atoms with Gasteiger partial charge < -0.3 is 11.1 Å². The van der Waals surface area contributed by atoms with E-state index in [-0.39, 0.29) is 5.91 Å². The Labute approximate surface area is 81.1 Å². The number of nitrogens with one attached hydrogen (secondary N) is 1. The summed E-state index contributed by atoms with van der Waals surface area (Å²) in [6, 6.07) is 0. The molecule has 0 aliphatic rings. The van der Waals surface area contributed by atoms with Gasteiger partial charge in [0.1, 0.15) is 0 Å². The Hall–Kier alpha value is -0.570. The molecule has 0 saturated carbocycles. The first-order valence-electron chi connectivity index (χ1n) is 4.92. The number of rotatable bonds is 5. The molecule has 3 N–H and O–H groups in total. The van der Waals surface area contributed by atoms with Crippen molar-refractivity contribution in [1.29, 1.82) is 0 Å². The second-order valence-electron chi connectivity index (χ2n) is 4.31. The number of amides is 1. The van der Waals surface area contributed by atoms with Crippen molar-refractivity contribution in [2.45, 2.75) is 34.1 Å². The quantitative estimate of drug-likeness (QED) is 0.676. The van der Waals surface area contributed by atoms with E-state index in [1.807, 2.05) is 13.8 Å². The largest absolute Gasteiger partial charge is 0.355 e. The van der Waals surface area contributed by atoms with E-state index in [9.17, 15) is 4.79 Å². The predicted molar refractivity (Wildman–Crippen MR) is 55.3 cm³/mol. The molecule has 0 aliphatic heterocycles. The van der Waals surface area contributed by atoms with Crippen LogP contribution in [-0.4, -0.2) is 19.0 Å². The molecule has 0 rings (SSSR count). The third-order valence-corrected chi connectivity index (χ3v) is 2.43. The Morgan fingerprint density at radius 1 is 1.54 bits per heavy atom. The zero-order chi connectivity index (χ0) is 10.5. The molecule has 3 nitrogen and oxygen atoms in total. The van der Waals surface area contributed by atoms with Crippen molar-refractivity contribution in [2.24, 2.45) is 17.1 Å². The van der Waals surface area contributed by atoms with Crippen LogP contribution in [0.15, 0.2) is 0 Å². The highest BCUT2D eigenvalue weighted by Gasteiger charge is 2.25. The zero-order valence-corrected chi connectivity index (χ0v) is 9.18. The van der Waals surface area contributed by atoms with E-state index in [0.29, 0.717) is 12.5 Å². The molecule has 0 heterocycles. The number of carbonyl (C=O) groups is 1. The van der Waals surface area contributed by atoms with Gasteiger partial charge in [-0.2, -0.15) is 0 Å². The first-order valence-corrected chi connectivity index (χ1v) is 4.92. The average molecular weight is 186 g/mol. The monoisotopic (exact) mass is 186 g/mol. The van der Waals surface area contributed by atoms with E-state index in [2.05, 4.69) is 19.2 Å². The van der Waals surface area contributed by atoms with Crippen LogP contribution in [0.1, 0.15) is 34.1 Å². The standard InChI is InChI=1S/C10H22N2O/c1-5-8(2)6-12-9(13)10(3,4)7-11/h8H,5-7,11H2,1-4H3,(H,12,13). The summed E-state index contributed by atoms with van der Waals surface area (Å²) in [7, 11) is 0. The van der Waals surface area contributed by atoms with Crippen LogP contribution in [0.25, 0.3) is 0 Å². The fraction of sp³-hybridized carbons (Fsp3) is 0.900. The minimum atomic E-state index is -0.437. The number of hydrogen-bond acceptors (Lipinski definition) is 2. The summed E-state index contributed by atoms with van der Waals surface area (Å²) in [5.74, 6) is 0.591. The second-order valence-corrected chi connectivity index (χ2v) is 4.31. The van der Waals surface area contributed by atoms with E-state index in [1.165, 1.54) is 0 Å². The molecular formula is C10H22N2O. The summed E-state index contributed by atoms with van der Waals surface area (Å²) in [6.07, 6.45) is 1.09. The molecule has 0 aromatic rings. The maximum Gasteiger partial charge on any atom is 0.226 e. The summed E-state index contributed by atoms with van der Waals surface area (Å²) in [4.78, 5) is 11.5. The number of nitrogens with two attached hydrogens (primary N) is 1. The smallest absolute Gasteiger partial charge is 0.226 e. The highest BCUT2D eigenvalue weighted by Crippen LogP contribution is 2.12. The number of carbonyl (C=O) groups excluding carboxylic acids is 1. The van der Waals surface area contributed by atoms with Gasteiger partial charge in [0, 0.05) is 13.1 Å². The van der Waals surface area contributed by atoms with Crippen LogP contribution in [0.3, 0.4) is 0 Å². The van der Waals surface area contributed by atoms with Crippen molar-refractivity contribution in [3.63, 3.8) is 0 Å². The van der Waals surface area contributed by atoms with Crippen LogP contribution in [0.4, 0.5) is 0 Å². The van der Waals surface area contributed by atoms with Crippen molar-refractivity contribution in [3.05, 3.63) is 0 Å². The van der Waals surface area contributed by atoms with Crippen molar-refractivity contribution < 1.29 is 4.79 Å². The zero-order valence-electron chi connectivity index (χ0n) is 9.18. The SMILES string of the molecule is CCC(C)CNC(=O)C(C)(C)CN. The van der Waals surface area contributed by atoms with Crippen molar-refractivity contribution in [1.82, 2.24) is 5.32 Å². The van der Waals surface area contributed by atoms with Gasteiger partial charge in [0.05, 0.1) is 5.41 Å². The summed E-state index contributed by atoms with van der Waals surface area (Å²) >= 11 is 0. The predicted octanol–water partition coefficient (Wildman–Crippen LogP) is 1.13. The highest BCUT2D eigenvalue weighted by atomic mass is 16.2. The van der Waals surface area contributed by atoms with Gasteiger partial charge in [-0.25, -0.2) is 0 Å².